The summed E-state index contributed by atoms with van der Waals surface area (Å²) in [6.45, 7) is 0. The first-order valence-corrected chi connectivity index (χ1v) is 10.1. The van der Waals surface area contributed by atoms with E-state index in [0.717, 1.165) is 39.7 Å². The highest BCUT2D eigenvalue weighted by molar-refractivity contribution is 5.86. The molecule has 0 fully saturated rings. The van der Waals surface area contributed by atoms with Crippen molar-refractivity contribution in [1.82, 2.24) is 15.3 Å². The number of ether oxygens (including phenoxy) is 2. The van der Waals surface area contributed by atoms with Gasteiger partial charge in [0.2, 0.25) is 5.88 Å². The monoisotopic (exact) mass is 421 g/mol. The predicted molar refractivity (Wildman–Crippen MR) is 120 cm³/mol. The molecule has 0 aliphatic carbocycles. The van der Waals surface area contributed by atoms with Gasteiger partial charge < -0.3 is 24.6 Å². The maximum absolute atomic E-state index is 11.8. The fraction of sp³-hybridized carbons (Fsp3) is 0.292. The van der Waals surface area contributed by atoms with Gasteiger partial charge >= 0.3 is 5.97 Å². The lowest BCUT2D eigenvalue weighted by molar-refractivity contribution is -0.142. The van der Waals surface area contributed by atoms with E-state index in [9.17, 15) is 9.59 Å². The molecule has 2 N–H and O–H groups in total. The third kappa shape index (κ3) is 5.38. The third-order valence-corrected chi connectivity index (χ3v) is 5.15. The summed E-state index contributed by atoms with van der Waals surface area (Å²) in [5.41, 5.74) is 5.50. The number of H-pyrrole nitrogens is 1. The molecule has 0 aliphatic heterocycles. The number of aldehydes is 1. The molecule has 3 aromatic rings. The number of nitrogens with one attached hydrogen (secondary N) is 2. The van der Waals surface area contributed by atoms with Gasteiger partial charge in [-0.25, -0.2) is 4.98 Å². The summed E-state index contributed by atoms with van der Waals surface area (Å²) in [7, 11) is 4.71. The number of pyridine rings is 1. The van der Waals surface area contributed by atoms with Crippen LogP contribution in [0.1, 0.15) is 22.4 Å². The van der Waals surface area contributed by atoms with E-state index < -0.39 is 0 Å². The zero-order valence-electron chi connectivity index (χ0n) is 18.0. The van der Waals surface area contributed by atoms with Crippen molar-refractivity contribution in [2.45, 2.75) is 25.3 Å². The lowest BCUT2D eigenvalue weighted by Crippen LogP contribution is -2.36. The van der Waals surface area contributed by atoms with Crippen molar-refractivity contribution in [3.05, 3.63) is 64.9 Å². The first kappa shape index (κ1) is 22.2. The molecule has 1 aromatic carbocycles. The van der Waals surface area contributed by atoms with Crippen LogP contribution in [0.3, 0.4) is 0 Å². The quantitative estimate of drug-likeness (QED) is 0.386. The molecule has 31 heavy (non-hydrogen) atoms. The molecule has 2 aromatic heterocycles. The Bertz CT molecular complexity index is 1090. The first-order valence-electron chi connectivity index (χ1n) is 10.1. The fourth-order valence-corrected chi connectivity index (χ4v) is 3.54. The summed E-state index contributed by atoms with van der Waals surface area (Å²) in [5, 5.41) is 2.99. The molecule has 1 unspecified atom stereocenters. The number of nitrogens with zero attached hydrogens (tertiary/aromatic N) is 1. The van der Waals surface area contributed by atoms with Crippen LogP contribution in [0.25, 0.3) is 17.1 Å². The normalized spacial score (nSPS) is 12.2. The van der Waals surface area contributed by atoms with E-state index in [0.29, 0.717) is 18.7 Å². The number of likely N-dealkylation sites (N-methyl/N-ethyl adjacent to an activating group) is 1. The average molecular weight is 421 g/mol. The van der Waals surface area contributed by atoms with Crippen LogP contribution in [-0.2, 0) is 33.6 Å². The smallest absolute Gasteiger partial charge is 0.323 e. The number of benzene rings is 1. The number of fused-ring (bicyclic) bond motifs is 1. The lowest BCUT2D eigenvalue weighted by Gasteiger charge is -2.14. The Balaban J connectivity index is 1.77. The highest BCUT2D eigenvalue weighted by Crippen LogP contribution is 2.24. The van der Waals surface area contributed by atoms with Gasteiger partial charge in [0.05, 0.1) is 25.3 Å². The maximum atomic E-state index is 11.8. The zero-order chi connectivity index (χ0) is 22.2. The molecule has 0 saturated carbocycles. The molecule has 0 amide bonds. The Labute approximate surface area is 181 Å². The van der Waals surface area contributed by atoms with E-state index in [1.807, 2.05) is 36.4 Å². The second-order valence-corrected chi connectivity index (χ2v) is 7.13. The van der Waals surface area contributed by atoms with Crippen LogP contribution in [0.2, 0.25) is 0 Å². The first-order chi connectivity index (χ1) is 15.1. The van der Waals surface area contributed by atoms with Crippen LogP contribution < -0.4 is 10.1 Å². The Morgan fingerprint density at radius 3 is 2.71 bits per heavy atom. The SMILES string of the molecule is CNC(Cc1cccc(C/C=C/c2[nH]c3ccc(OC)nc3c2CC=O)c1)C(=O)OC. The van der Waals surface area contributed by atoms with Gasteiger partial charge in [0, 0.05) is 23.7 Å². The minimum Gasteiger partial charge on any atom is -0.481 e. The van der Waals surface area contributed by atoms with Gasteiger partial charge in [-0.1, -0.05) is 30.3 Å². The molecule has 0 radical (unpaired) electrons. The summed E-state index contributed by atoms with van der Waals surface area (Å²) in [6.07, 6.45) is 6.44. The average Bonchev–Trinajstić information content (AvgIpc) is 3.14. The highest BCUT2D eigenvalue weighted by Gasteiger charge is 2.17. The van der Waals surface area contributed by atoms with E-state index >= 15 is 0 Å². The number of rotatable bonds is 10. The number of carbonyl (C=O) groups is 2. The Morgan fingerprint density at radius 2 is 2.00 bits per heavy atom. The molecule has 0 spiro atoms. The topological polar surface area (TPSA) is 93.3 Å². The molecule has 162 valence electrons. The maximum Gasteiger partial charge on any atom is 0.323 e. The van der Waals surface area contributed by atoms with Crippen LogP contribution in [0.5, 0.6) is 5.88 Å². The molecular formula is C24H27N3O4. The van der Waals surface area contributed by atoms with E-state index in [-0.39, 0.29) is 18.4 Å². The van der Waals surface area contributed by atoms with Crippen LogP contribution in [0.4, 0.5) is 0 Å². The fourth-order valence-electron chi connectivity index (χ4n) is 3.54. The van der Waals surface area contributed by atoms with Crippen molar-refractivity contribution in [2.24, 2.45) is 0 Å². The number of carbonyl (C=O) groups excluding carboxylic acids is 2. The van der Waals surface area contributed by atoms with Crippen molar-refractivity contribution in [2.75, 3.05) is 21.3 Å². The molecule has 7 heteroatoms. The van der Waals surface area contributed by atoms with Crippen molar-refractivity contribution in [1.29, 1.82) is 0 Å². The van der Waals surface area contributed by atoms with Gasteiger partial charge in [0.1, 0.15) is 12.3 Å². The number of aromatic nitrogens is 2. The van der Waals surface area contributed by atoms with Gasteiger partial charge in [-0.15, -0.1) is 0 Å². The van der Waals surface area contributed by atoms with E-state index in [2.05, 4.69) is 21.4 Å². The minimum absolute atomic E-state index is 0.272. The van der Waals surface area contributed by atoms with Crippen LogP contribution in [0.15, 0.2) is 42.5 Å². The van der Waals surface area contributed by atoms with Crippen molar-refractivity contribution in [3.63, 3.8) is 0 Å². The zero-order valence-corrected chi connectivity index (χ0v) is 18.0. The third-order valence-electron chi connectivity index (χ3n) is 5.15. The van der Waals surface area contributed by atoms with Gasteiger partial charge in [-0.2, -0.15) is 0 Å². The largest absolute Gasteiger partial charge is 0.481 e. The summed E-state index contributed by atoms with van der Waals surface area (Å²) in [4.78, 5) is 30.8. The van der Waals surface area contributed by atoms with Crippen molar-refractivity contribution >= 4 is 29.4 Å². The predicted octanol–water partition coefficient (Wildman–Crippen LogP) is 2.87. The summed E-state index contributed by atoms with van der Waals surface area (Å²) in [6, 6.07) is 11.4. The van der Waals surface area contributed by atoms with Crippen LogP contribution in [0, 0.1) is 0 Å². The second-order valence-electron chi connectivity index (χ2n) is 7.13. The van der Waals surface area contributed by atoms with E-state index in [1.165, 1.54) is 7.11 Å². The highest BCUT2D eigenvalue weighted by atomic mass is 16.5. The number of esters is 1. The number of aromatic amines is 1. The van der Waals surface area contributed by atoms with E-state index in [1.54, 1.807) is 20.2 Å². The van der Waals surface area contributed by atoms with Crippen LogP contribution in [-0.4, -0.2) is 49.5 Å². The second kappa shape index (κ2) is 10.5. The molecule has 0 aliphatic rings. The molecule has 1 atom stereocenters. The minimum atomic E-state index is -0.377. The Hall–Kier alpha value is -3.45. The molecular weight excluding hydrogens is 394 g/mol. The molecule has 3 rings (SSSR count). The molecule has 7 nitrogen and oxygen atoms in total. The Kier molecular flexibility index (Phi) is 7.56. The number of hydrogen-bond donors (Lipinski definition) is 2. The molecule has 2 heterocycles. The lowest BCUT2D eigenvalue weighted by atomic mass is 10.0. The Morgan fingerprint density at radius 1 is 1.19 bits per heavy atom. The molecule has 0 saturated heterocycles. The van der Waals surface area contributed by atoms with Gasteiger partial charge in [0.25, 0.3) is 0 Å². The van der Waals surface area contributed by atoms with E-state index in [4.69, 9.17) is 9.47 Å². The summed E-state index contributed by atoms with van der Waals surface area (Å²) < 4.78 is 10.0. The number of allylic oxidation sites excluding steroid dienone is 1. The standard InChI is InChI=1S/C24H27N3O4/c1-25-21(24(29)31-3)15-17-8-4-6-16(14-17)7-5-9-19-18(12-13-28)23-20(26-19)10-11-22(27-23)30-2/h4-6,8-11,13-14,21,25-26H,7,12,15H2,1-3H3/b9-5+. The number of methoxy groups -OCH3 is 2. The summed E-state index contributed by atoms with van der Waals surface area (Å²) in [5.74, 6) is 0.234. The van der Waals surface area contributed by atoms with Gasteiger partial charge in [-0.3, -0.25) is 4.79 Å². The molecule has 0 bridgehead atoms. The number of hydrogen-bond acceptors (Lipinski definition) is 6. The van der Waals surface area contributed by atoms with Gasteiger partial charge in [-0.05, 0) is 43.2 Å². The van der Waals surface area contributed by atoms with Crippen LogP contribution >= 0.6 is 0 Å². The van der Waals surface area contributed by atoms with Crippen molar-refractivity contribution < 1.29 is 19.1 Å². The summed E-state index contributed by atoms with van der Waals surface area (Å²) >= 11 is 0. The van der Waals surface area contributed by atoms with Crippen molar-refractivity contribution in [3.8, 4) is 5.88 Å². The van der Waals surface area contributed by atoms with Gasteiger partial charge in [0.15, 0.2) is 0 Å².